The summed E-state index contributed by atoms with van der Waals surface area (Å²) in [5.41, 5.74) is 9.22. The van der Waals surface area contributed by atoms with Crippen LogP contribution >= 0.6 is 0 Å². The highest BCUT2D eigenvalue weighted by molar-refractivity contribution is 5.96. The lowest BCUT2D eigenvalue weighted by Crippen LogP contribution is -2.26. The molecule has 3 heterocycles. The minimum atomic E-state index is -4.47. The molecule has 2 aliphatic heterocycles. The van der Waals surface area contributed by atoms with E-state index in [9.17, 15) is 18.0 Å². The maximum atomic E-state index is 12.7. The molecule has 3 aromatic rings. The number of ether oxygens (including phenoxy) is 2. The number of nitrogen functional groups attached to an aromatic ring is 1. The van der Waals surface area contributed by atoms with Gasteiger partial charge >= 0.3 is 6.18 Å². The first-order chi connectivity index (χ1) is 17.2. The molecule has 0 spiro atoms. The van der Waals surface area contributed by atoms with Gasteiger partial charge in [0, 0.05) is 47.4 Å². The zero-order valence-corrected chi connectivity index (χ0v) is 19.6. The van der Waals surface area contributed by atoms with E-state index >= 15 is 0 Å². The zero-order valence-electron chi connectivity index (χ0n) is 19.6. The van der Waals surface area contributed by atoms with Crippen LogP contribution in [0.15, 0.2) is 48.7 Å². The number of nitrogens with two attached hydrogens (primary N) is 1. The van der Waals surface area contributed by atoms with Crippen molar-refractivity contribution in [2.24, 2.45) is 5.92 Å². The molecule has 2 aliphatic rings. The molecule has 0 saturated carbocycles. The molecule has 0 fully saturated rings. The molecule has 4 N–H and O–H groups in total. The second-order valence-corrected chi connectivity index (χ2v) is 8.58. The number of nitrogens with zero attached hydrogens (tertiary/aromatic N) is 2. The lowest BCUT2D eigenvalue weighted by molar-refractivity contribution is -0.153. The van der Waals surface area contributed by atoms with E-state index in [1.807, 2.05) is 6.92 Å². The average Bonchev–Trinajstić information content (AvgIpc) is 2.82. The number of carbonyl (C=O) groups is 1. The van der Waals surface area contributed by atoms with Crippen LogP contribution in [-0.2, 0) is 11.3 Å². The molecule has 11 heteroatoms. The molecule has 6 bridgehead atoms. The molecular weight excluding hydrogens is 475 g/mol. The summed E-state index contributed by atoms with van der Waals surface area (Å²) in [4.78, 5) is 21.3. The fourth-order valence-electron chi connectivity index (χ4n) is 3.69. The number of hydrogen-bond donors (Lipinski definition) is 3. The number of nitrogens with one attached hydrogen (secondary N) is 2. The van der Waals surface area contributed by atoms with Gasteiger partial charge in [0.2, 0.25) is 5.95 Å². The largest absolute Gasteiger partial charge is 0.484 e. The molecule has 5 rings (SSSR count). The molecule has 8 nitrogen and oxygen atoms in total. The molecule has 0 saturated heterocycles. The van der Waals surface area contributed by atoms with Gasteiger partial charge in [0.25, 0.3) is 5.91 Å². The summed E-state index contributed by atoms with van der Waals surface area (Å²) in [6, 6.07) is 11.4. The van der Waals surface area contributed by atoms with Crippen LogP contribution in [0.25, 0.3) is 11.3 Å². The fourth-order valence-corrected chi connectivity index (χ4v) is 3.69. The Labute approximate surface area is 206 Å². The predicted molar refractivity (Wildman–Crippen MR) is 129 cm³/mol. The van der Waals surface area contributed by atoms with E-state index in [0.29, 0.717) is 53.3 Å². The van der Waals surface area contributed by atoms with Crippen LogP contribution < -0.4 is 21.1 Å². The maximum absolute atomic E-state index is 12.7. The van der Waals surface area contributed by atoms with E-state index in [2.05, 4.69) is 20.6 Å². The summed E-state index contributed by atoms with van der Waals surface area (Å²) in [6.07, 6.45) is -2.26. The Balaban J connectivity index is 1.67. The van der Waals surface area contributed by atoms with Gasteiger partial charge < -0.3 is 25.8 Å². The van der Waals surface area contributed by atoms with E-state index in [-0.39, 0.29) is 30.1 Å². The Morgan fingerprint density at radius 1 is 1.19 bits per heavy atom. The van der Waals surface area contributed by atoms with Gasteiger partial charge in [-0.05, 0) is 54.8 Å². The van der Waals surface area contributed by atoms with Crippen molar-refractivity contribution >= 4 is 23.2 Å². The third-order valence-corrected chi connectivity index (χ3v) is 5.54. The molecule has 1 atom stereocenters. The Bertz CT molecular complexity index is 1240. The molecule has 1 aromatic heterocycles. The van der Waals surface area contributed by atoms with Gasteiger partial charge in [-0.15, -0.1) is 0 Å². The summed E-state index contributed by atoms with van der Waals surface area (Å²) in [7, 11) is 0. The third-order valence-electron chi connectivity index (χ3n) is 5.54. The molecule has 36 heavy (non-hydrogen) atoms. The van der Waals surface area contributed by atoms with Crippen LogP contribution in [-0.4, -0.2) is 41.8 Å². The van der Waals surface area contributed by atoms with Crippen LogP contribution in [0.4, 0.5) is 30.5 Å². The summed E-state index contributed by atoms with van der Waals surface area (Å²) < 4.78 is 49.0. The first-order valence-electron chi connectivity index (χ1n) is 11.4. The second-order valence-electron chi connectivity index (χ2n) is 8.58. The molecule has 0 aliphatic carbocycles. The number of amides is 1. The van der Waals surface area contributed by atoms with Crippen molar-refractivity contribution in [3.05, 3.63) is 59.8 Å². The predicted octanol–water partition coefficient (Wildman–Crippen LogP) is 4.70. The number of anilines is 3. The number of hydrogen-bond acceptors (Lipinski definition) is 7. The Kier molecular flexibility index (Phi) is 7.58. The van der Waals surface area contributed by atoms with E-state index < -0.39 is 12.8 Å². The Hall–Kier alpha value is -3.86. The maximum Gasteiger partial charge on any atom is 0.422 e. The molecule has 1 unspecified atom stereocenters. The smallest absolute Gasteiger partial charge is 0.422 e. The first-order valence-corrected chi connectivity index (χ1v) is 11.4. The Morgan fingerprint density at radius 3 is 2.81 bits per heavy atom. The Morgan fingerprint density at radius 2 is 2.03 bits per heavy atom. The summed E-state index contributed by atoms with van der Waals surface area (Å²) >= 11 is 0. The number of alkyl halides is 3. The summed E-state index contributed by atoms with van der Waals surface area (Å²) in [5, 5.41) is 5.93. The van der Waals surface area contributed by atoms with Crippen molar-refractivity contribution in [2.45, 2.75) is 26.1 Å². The lowest BCUT2D eigenvalue weighted by atomic mass is 10.1. The van der Waals surface area contributed by atoms with E-state index in [1.54, 1.807) is 42.6 Å². The summed E-state index contributed by atoms with van der Waals surface area (Å²) in [5.74, 6) is 0.185. The molecule has 2 aromatic carbocycles. The number of halogens is 3. The van der Waals surface area contributed by atoms with Crippen molar-refractivity contribution in [1.29, 1.82) is 0 Å². The van der Waals surface area contributed by atoms with Gasteiger partial charge in [0.15, 0.2) is 6.61 Å². The van der Waals surface area contributed by atoms with Gasteiger partial charge in [0.05, 0.1) is 12.3 Å². The number of benzene rings is 2. The SMILES string of the molecule is CC1CCNC(=O)c2ccc(c(N)c2)-c2ccnc(n2)Nc2ccc(OCC(F)(F)F)c(c2)COC1. The highest BCUT2D eigenvalue weighted by atomic mass is 19.4. The molecule has 1 amide bonds. The topological polar surface area (TPSA) is 111 Å². The van der Waals surface area contributed by atoms with Gasteiger partial charge in [0.1, 0.15) is 5.75 Å². The van der Waals surface area contributed by atoms with Crippen LogP contribution in [0.2, 0.25) is 0 Å². The standard InChI is InChI=1S/C25H26F3N5O3/c1-15-6-8-30-23(34)16-2-4-19(20(29)11-16)21-7-9-31-24(33-21)32-18-3-5-22(36-14-25(26,27)28)17(10-18)13-35-12-15/h2-5,7,9-11,15H,6,8,12-14,29H2,1H3,(H,30,34)(H,31,32,33). The van der Waals surface area contributed by atoms with Gasteiger partial charge in [-0.1, -0.05) is 6.92 Å². The fraction of sp³-hybridized carbons (Fsp3) is 0.320. The van der Waals surface area contributed by atoms with Crippen LogP contribution in [0.5, 0.6) is 5.75 Å². The van der Waals surface area contributed by atoms with Crippen molar-refractivity contribution in [2.75, 3.05) is 30.8 Å². The second kappa shape index (κ2) is 10.8. The molecular formula is C25H26F3N5O3. The average molecular weight is 502 g/mol. The summed E-state index contributed by atoms with van der Waals surface area (Å²) in [6.45, 7) is 1.37. The van der Waals surface area contributed by atoms with Crippen molar-refractivity contribution in [3.8, 4) is 17.0 Å². The highest BCUT2D eigenvalue weighted by Crippen LogP contribution is 2.29. The van der Waals surface area contributed by atoms with Crippen LogP contribution in [0.1, 0.15) is 29.3 Å². The first kappa shape index (κ1) is 25.2. The molecule has 0 radical (unpaired) electrons. The van der Waals surface area contributed by atoms with E-state index in [1.165, 1.54) is 6.07 Å². The lowest BCUT2D eigenvalue weighted by Gasteiger charge is -2.17. The molecule has 190 valence electrons. The van der Waals surface area contributed by atoms with E-state index in [4.69, 9.17) is 15.2 Å². The minimum absolute atomic E-state index is 0.0422. The third kappa shape index (κ3) is 6.63. The normalized spacial score (nSPS) is 16.8. The number of fused-ring (bicyclic) bond motifs is 9. The van der Waals surface area contributed by atoms with Gasteiger partial charge in [-0.25, -0.2) is 9.97 Å². The highest BCUT2D eigenvalue weighted by Gasteiger charge is 2.29. The van der Waals surface area contributed by atoms with Crippen molar-refractivity contribution < 1.29 is 27.4 Å². The van der Waals surface area contributed by atoms with Crippen LogP contribution in [0, 0.1) is 5.92 Å². The number of carbonyl (C=O) groups excluding carboxylic acids is 1. The van der Waals surface area contributed by atoms with Gasteiger partial charge in [-0.2, -0.15) is 13.2 Å². The minimum Gasteiger partial charge on any atom is -0.484 e. The van der Waals surface area contributed by atoms with Crippen LogP contribution in [0.3, 0.4) is 0 Å². The quantitative estimate of drug-likeness (QED) is 0.437. The number of rotatable bonds is 2. The van der Waals surface area contributed by atoms with Gasteiger partial charge in [-0.3, -0.25) is 4.79 Å². The monoisotopic (exact) mass is 501 g/mol. The van der Waals surface area contributed by atoms with Crippen molar-refractivity contribution in [3.63, 3.8) is 0 Å². The van der Waals surface area contributed by atoms with E-state index in [0.717, 1.165) is 0 Å². The zero-order chi connectivity index (χ0) is 25.7. The van der Waals surface area contributed by atoms with Crippen molar-refractivity contribution in [1.82, 2.24) is 15.3 Å². The number of aromatic nitrogens is 2.